The van der Waals surface area contributed by atoms with Crippen LogP contribution in [-0.2, 0) is 0 Å². The van der Waals surface area contributed by atoms with E-state index in [1.807, 2.05) is 6.08 Å². The van der Waals surface area contributed by atoms with Crippen molar-refractivity contribution in [3.8, 4) is 0 Å². The van der Waals surface area contributed by atoms with Gasteiger partial charge in [-0.15, -0.1) is 0 Å². The van der Waals surface area contributed by atoms with Crippen molar-refractivity contribution in [3.63, 3.8) is 0 Å². The molecule has 0 heterocycles. The molecule has 0 unspecified atom stereocenters. The van der Waals surface area contributed by atoms with Crippen LogP contribution in [0.5, 0.6) is 0 Å². The maximum atomic E-state index is 8.65. The predicted molar refractivity (Wildman–Crippen MR) is 49.6 cm³/mol. The lowest BCUT2D eigenvalue weighted by molar-refractivity contribution is 0.341. The van der Waals surface area contributed by atoms with Gasteiger partial charge < -0.3 is 5.11 Å². The average molecular weight is 156 g/mol. The number of hydrogen-bond acceptors (Lipinski definition) is 1. The summed E-state index contributed by atoms with van der Waals surface area (Å²) < 4.78 is 0. The number of aliphatic hydroxyl groups is 1. The molecule has 0 rings (SSSR count). The van der Waals surface area contributed by atoms with E-state index >= 15 is 0 Å². The SMILES string of the molecule is CCCCC/C(=C/CO)CC. The fourth-order valence-corrected chi connectivity index (χ4v) is 1.15. The highest BCUT2D eigenvalue weighted by molar-refractivity contribution is 5.00. The molecule has 0 amide bonds. The summed E-state index contributed by atoms with van der Waals surface area (Å²) in [6.07, 6.45) is 8.06. The zero-order valence-corrected chi connectivity index (χ0v) is 7.77. The van der Waals surface area contributed by atoms with Gasteiger partial charge in [0.05, 0.1) is 6.61 Å². The Labute approximate surface area is 70.1 Å². The van der Waals surface area contributed by atoms with Gasteiger partial charge in [0.25, 0.3) is 0 Å². The summed E-state index contributed by atoms with van der Waals surface area (Å²) in [5, 5.41) is 8.65. The minimum absolute atomic E-state index is 0.204. The molecule has 0 fully saturated rings. The molecule has 0 aliphatic rings. The summed E-state index contributed by atoms with van der Waals surface area (Å²) in [6, 6.07) is 0. The smallest absolute Gasteiger partial charge is 0.0615 e. The molecule has 0 aromatic heterocycles. The summed E-state index contributed by atoms with van der Waals surface area (Å²) in [5.74, 6) is 0. The Balaban J connectivity index is 3.44. The topological polar surface area (TPSA) is 20.2 Å². The van der Waals surface area contributed by atoms with Crippen LogP contribution in [0.4, 0.5) is 0 Å². The molecule has 0 bridgehead atoms. The van der Waals surface area contributed by atoms with E-state index in [0.717, 1.165) is 6.42 Å². The van der Waals surface area contributed by atoms with Gasteiger partial charge in [0.1, 0.15) is 0 Å². The average Bonchev–Trinajstić information content (AvgIpc) is 2.03. The van der Waals surface area contributed by atoms with Gasteiger partial charge in [0.15, 0.2) is 0 Å². The normalized spacial score (nSPS) is 12.1. The third-order valence-corrected chi connectivity index (χ3v) is 1.94. The third kappa shape index (κ3) is 6.11. The summed E-state index contributed by atoms with van der Waals surface area (Å²) in [5.41, 5.74) is 1.40. The minimum atomic E-state index is 0.204. The van der Waals surface area contributed by atoms with Gasteiger partial charge in [-0.05, 0) is 19.3 Å². The van der Waals surface area contributed by atoms with Crippen molar-refractivity contribution in [1.82, 2.24) is 0 Å². The molecule has 0 saturated carbocycles. The molecular formula is C10H20O. The van der Waals surface area contributed by atoms with E-state index < -0.39 is 0 Å². The van der Waals surface area contributed by atoms with Crippen molar-refractivity contribution in [2.45, 2.75) is 46.0 Å². The highest BCUT2D eigenvalue weighted by Gasteiger charge is 1.92. The van der Waals surface area contributed by atoms with Crippen molar-refractivity contribution >= 4 is 0 Å². The molecule has 0 atom stereocenters. The Morgan fingerprint density at radius 2 is 2.00 bits per heavy atom. The van der Waals surface area contributed by atoms with Gasteiger partial charge in [-0.2, -0.15) is 0 Å². The molecule has 0 spiro atoms. The Morgan fingerprint density at radius 1 is 1.27 bits per heavy atom. The molecule has 0 saturated heterocycles. The van der Waals surface area contributed by atoms with E-state index in [1.165, 1.54) is 31.3 Å². The minimum Gasteiger partial charge on any atom is -0.392 e. The maximum absolute atomic E-state index is 8.65. The van der Waals surface area contributed by atoms with E-state index in [-0.39, 0.29) is 6.61 Å². The van der Waals surface area contributed by atoms with Gasteiger partial charge >= 0.3 is 0 Å². The van der Waals surface area contributed by atoms with E-state index in [2.05, 4.69) is 13.8 Å². The van der Waals surface area contributed by atoms with Crippen LogP contribution < -0.4 is 0 Å². The van der Waals surface area contributed by atoms with Crippen LogP contribution in [-0.4, -0.2) is 11.7 Å². The first-order chi connectivity index (χ1) is 5.35. The lowest BCUT2D eigenvalue weighted by Gasteiger charge is -2.02. The number of aliphatic hydroxyl groups excluding tert-OH is 1. The van der Waals surface area contributed by atoms with Crippen LogP contribution in [0.2, 0.25) is 0 Å². The molecule has 0 aliphatic heterocycles. The second-order valence-corrected chi connectivity index (χ2v) is 2.86. The first-order valence-corrected chi connectivity index (χ1v) is 4.63. The first kappa shape index (κ1) is 10.7. The van der Waals surface area contributed by atoms with Gasteiger partial charge in [-0.3, -0.25) is 0 Å². The Bertz CT molecular complexity index is 105. The molecule has 0 aliphatic carbocycles. The van der Waals surface area contributed by atoms with Crippen LogP contribution in [0.25, 0.3) is 0 Å². The van der Waals surface area contributed by atoms with E-state index in [0.29, 0.717) is 0 Å². The van der Waals surface area contributed by atoms with Crippen molar-refractivity contribution in [1.29, 1.82) is 0 Å². The number of rotatable bonds is 6. The summed E-state index contributed by atoms with van der Waals surface area (Å²) in [6.45, 7) is 4.56. The molecule has 1 N–H and O–H groups in total. The molecule has 1 nitrogen and oxygen atoms in total. The highest BCUT2D eigenvalue weighted by Crippen LogP contribution is 2.11. The quantitative estimate of drug-likeness (QED) is 0.463. The van der Waals surface area contributed by atoms with E-state index in [1.54, 1.807) is 0 Å². The van der Waals surface area contributed by atoms with Gasteiger partial charge in [-0.25, -0.2) is 0 Å². The second kappa shape index (κ2) is 7.80. The third-order valence-electron chi connectivity index (χ3n) is 1.94. The molecule has 1 heteroatoms. The van der Waals surface area contributed by atoms with Gasteiger partial charge in [-0.1, -0.05) is 38.3 Å². The Kier molecular flexibility index (Phi) is 7.59. The monoisotopic (exact) mass is 156 g/mol. The molecule has 0 aromatic carbocycles. The highest BCUT2D eigenvalue weighted by atomic mass is 16.2. The summed E-state index contributed by atoms with van der Waals surface area (Å²) in [7, 11) is 0. The van der Waals surface area contributed by atoms with E-state index in [4.69, 9.17) is 5.11 Å². The number of hydrogen-bond donors (Lipinski definition) is 1. The van der Waals surface area contributed by atoms with Gasteiger partial charge in [0, 0.05) is 0 Å². The van der Waals surface area contributed by atoms with Crippen LogP contribution in [0.15, 0.2) is 11.6 Å². The summed E-state index contributed by atoms with van der Waals surface area (Å²) in [4.78, 5) is 0. The zero-order chi connectivity index (χ0) is 8.53. The predicted octanol–water partition coefficient (Wildman–Crippen LogP) is 2.90. The Hall–Kier alpha value is -0.300. The molecule has 66 valence electrons. The fraction of sp³-hybridized carbons (Fsp3) is 0.800. The van der Waals surface area contributed by atoms with Crippen molar-refractivity contribution in [2.75, 3.05) is 6.61 Å². The first-order valence-electron chi connectivity index (χ1n) is 4.63. The molecular weight excluding hydrogens is 136 g/mol. The Morgan fingerprint density at radius 3 is 2.45 bits per heavy atom. The fourth-order valence-electron chi connectivity index (χ4n) is 1.15. The lowest BCUT2D eigenvalue weighted by atomic mass is 10.1. The molecule has 0 radical (unpaired) electrons. The van der Waals surface area contributed by atoms with Crippen LogP contribution in [0.1, 0.15) is 46.0 Å². The van der Waals surface area contributed by atoms with Crippen molar-refractivity contribution < 1.29 is 5.11 Å². The zero-order valence-electron chi connectivity index (χ0n) is 7.77. The molecule has 0 aromatic rings. The second-order valence-electron chi connectivity index (χ2n) is 2.86. The van der Waals surface area contributed by atoms with Crippen molar-refractivity contribution in [3.05, 3.63) is 11.6 Å². The summed E-state index contributed by atoms with van der Waals surface area (Å²) >= 11 is 0. The van der Waals surface area contributed by atoms with E-state index in [9.17, 15) is 0 Å². The van der Waals surface area contributed by atoms with Gasteiger partial charge in [0.2, 0.25) is 0 Å². The number of unbranched alkanes of at least 4 members (excludes halogenated alkanes) is 2. The largest absolute Gasteiger partial charge is 0.392 e. The number of allylic oxidation sites excluding steroid dienone is 1. The standard InChI is InChI=1S/C10H20O/c1-3-5-6-7-10(4-2)8-9-11/h8,11H,3-7,9H2,1-2H3/b10-8+. The molecule has 11 heavy (non-hydrogen) atoms. The van der Waals surface area contributed by atoms with Crippen LogP contribution in [0.3, 0.4) is 0 Å². The maximum Gasteiger partial charge on any atom is 0.0615 e. The van der Waals surface area contributed by atoms with Crippen molar-refractivity contribution in [2.24, 2.45) is 0 Å². The van der Waals surface area contributed by atoms with Crippen LogP contribution >= 0.6 is 0 Å². The van der Waals surface area contributed by atoms with Crippen LogP contribution in [0, 0.1) is 0 Å². The lowest BCUT2D eigenvalue weighted by Crippen LogP contribution is -1.85.